The highest BCUT2D eigenvalue weighted by molar-refractivity contribution is 8.15. The van der Waals surface area contributed by atoms with Crippen molar-refractivity contribution < 1.29 is 9.59 Å². The molecule has 2 heterocycles. The highest BCUT2D eigenvalue weighted by Gasteiger charge is 2.28. The average molecular weight is 389 g/mol. The summed E-state index contributed by atoms with van der Waals surface area (Å²) in [7, 11) is 0. The molecule has 0 bridgehead atoms. The van der Waals surface area contributed by atoms with Crippen LogP contribution >= 0.6 is 23.1 Å². The molecule has 0 atom stereocenters. The summed E-state index contributed by atoms with van der Waals surface area (Å²) in [6, 6.07) is 11.3. The van der Waals surface area contributed by atoms with Crippen molar-refractivity contribution >= 4 is 51.5 Å². The Labute approximate surface area is 160 Å². The van der Waals surface area contributed by atoms with E-state index in [1.54, 1.807) is 16.2 Å². The van der Waals surface area contributed by atoms with Gasteiger partial charge < -0.3 is 10.6 Å². The number of carbonyl (C=O) groups is 2. The summed E-state index contributed by atoms with van der Waals surface area (Å²) < 4.78 is 0. The van der Waals surface area contributed by atoms with E-state index in [1.165, 1.54) is 11.8 Å². The molecular weight excluding hydrogens is 368 g/mol. The number of anilines is 1. The van der Waals surface area contributed by atoms with Crippen molar-refractivity contribution in [1.82, 2.24) is 10.2 Å². The molecule has 3 rings (SSSR count). The van der Waals surface area contributed by atoms with Crippen LogP contribution in [0.4, 0.5) is 11.4 Å². The Kier molecular flexibility index (Phi) is 6.43. The maximum Gasteiger partial charge on any atom is 0.239 e. The van der Waals surface area contributed by atoms with Gasteiger partial charge in [0.1, 0.15) is 0 Å². The third-order valence-corrected chi connectivity index (χ3v) is 5.48. The molecule has 6 nitrogen and oxygen atoms in total. The number of carbonyl (C=O) groups excluding carboxylic acids is 2. The lowest BCUT2D eigenvalue weighted by Crippen LogP contribution is -2.28. The fraction of sp³-hybridized carbons (Fsp3) is 0.278. The summed E-state index contributed by atoms with van der Waals surface area (Å²) in [5, 5.41) is 8.52. The fourth-order valence-electron chi connectivity index (χ4n) is 2.37. The highest BCUT2D eigenvalue weighted by Crippen LogP contribution is 2.27. The van der Waals surface area contributed by atoms with Crippen molar-refractivity contribution in [2.75, 3.05) is 24.2 Å². The molecule has 0 radical (unpaired) electrons. The highest BCUT2D eigenvalue weighted by atomic mass is 32.2. The number of amides is 2. The van der Waals surface area contributed by atoms with E-state index in [1.807, 2.05) is 48.7 Å². The lowest BCUT2D eigenvalue weighted by molar-refractivity contribution is -0.124. The summed E-state index contributed by atoms with van der Waals surface area (Å²) in [5.74, 6) is 0.419. The predicted molar refractivity (Wildman–Crippen MR) is 108 cm³/mol. The maximum absolute atomic E-state index is 12.1. The van der Waals surface area contributed by atoms with E-state index in [-0.39, 0.29) is 18.4 Å². The number of aliphatic imine (C=N–C) groups is 1. The van der Waals surface area contributed by atoms with Gasteiger partial charge in [-0.05, 0) is 42.3 Å². The largest absolute Gasteiger partial charge is 0.325 e. The molecule has 0 spiro atoms. The van der Waals surface area contributed by atoms with Crippen LogP contribution in [-0.2, 0) is 16.1 Å². The molecule has 136 valence electrons. The van der Waals surface area contributed by atoms with E-state index in [0.29, 0.717) is 17.5 Å². The van der Waals surface area contributed by atoms with Crippen LogP contribution in [0.15, 0.2) is 46.8 Å². The van der Waals surface area contributed by atoms with Gasteiger partial charge in [-0.3, -0.25) is 14.5 Å². The molecule has 2 aromatic rings. The van der Waals surface area contributed by atoms with Crippen LogP contribution in [0.1, 0.15) is 11.8 Å². The molecule has 2 amide bonds. The van der Waals surface area contributed by atoms with Gasteiger partial charge >= 0.3 is 0 Å². The van der Waals surface area contributed by atoms with Crippen LogP contribution in [0.25, 0.3) is 0 Å². The van der Waals surface area contributed by atoms with E-state index in [9.17, 15) is 9.59 Å². The second-order valence-corrected chi connectivity index (χ2v) is 7.59. The van der Waals surface area contributed by atoms with Crippen molar-refractivity contribution in [2.45, 2.75) is 13.5 Å². The molecule has 1 aliphatic heterocycles. The Hall–Kier alpha value is -2.16. The molecule has 26 heavy (non-hydrogen) atoms. The summed E-state index contributed by atoms with van der Waals surface area (Å²) >= 11 is 3.08. The van der Waals surface area contributed by atoms with Gasteiger partial charge in [-0.2, -0.15) is 0 Å². The number of nitrogens with one attached hydrogen (secondary N) is 2. The Morgan fingerprint density at radius 1 is 1.27 bits per heavy atom. The first-order valence-corrected chi connectivity index (χ1v) is 10.2. The van der Waals surface area contributed by atoms with Crippen LogP contribution < -0.4 is 10.6 Å². The Morgan fingerprint density at radius 3 is 2.77 bits per heavy atom. The van der Waals surface area contributed by atoms with Crippen molar-refractivity contribution in [3.63, 3.8) is 0 Å². The van der Waals surface area contributed by atoms with Crippen LogP contribution in [0, 0.1) is 0 Å². The zero-order valence-corrected chi connectivity index (χ0v) is 16.0. The second kappa shape index (κ2) is 8.98. The third-order valence-electron chi connectivity index (χ3n) is 3.66. The first kappa shape index (κ1) is 18.6. The molecule has 1 fully saturated rings. The zero-order valence-electron chi connectivity index (χ0n) is 14.4. The van der Waals surface area contributed by atoms with Gasteiger partial charge in [0.05, 0.1) is 24.5 Å². The van der Waals surface area contributed by atoms with Crippen LogP contribution in [0.3, 0.4) is 0 Å². The monoisotopic (exact) mass is 388 g/mol. The van der Waals surface area contributed by atoms with E-state index in [4.69, 9.17) is 0 Å². The summed E-state index contributed by atoms with van der Waals surface area (Å²) in [6.07, 6.45) is 0. The van der Waals surface area contributed by atoms with Crippen molar-refractivity contribution in [3.05, 3.63) is 46.7 Å². The van der Waals surface area contributed by atoms with Gasteiger partial charge in [0.2, 0.25) is 11.8 Å². The van der Waals surface area contributed by atoms with Crippen LogP contribution in [0.2, 0.25) is 0 Å². The molecule has 0 aliphatic carbocycles. The predicted octanol–water partition coefficient (Wildman–Crippen LogP) is 3.06. The number of hydrogen-bond acceptors (Lipinski definition) is 6. The van der Waals surface area contributed by atoms with Crippen molar-refractivity contribution in [2.24, 2.45) is 4.99 Å². The standard InChI is InChI=1S/C18H20N4O2S2/c1-2-19-10-16(23)20-13-5-7-14(8-6-13)21-18-22(17(24)12-26-18)11-15-4-3-9-25-15/h3-9,19H,2,10-12H2,1H3,(H,20,23). The molecule has 0 unspecified atom stereocenters. The van der Waals surface area contributed by atoms with Gasteiger partial charge in [0.15, 0.2) is 5.17 Å². The topological polar surface area (TPSA) is 73.8 Å². The van der Waals surface area contributed by atoms with E-state index < -0.39 is 0 Å². The Morgan fingerprint density at radius 2 is 2.08 bits per heavy atom. The number of nitrogens with zero attached hydrogens (tertiary/aromatic N) is 2. The molecule has 0 saturated carbocycles. The number of amidine groups is 1. The number of thioether (sulfide) groups is 1. The number of likely N-dealkylation sites (N-methyl/N-ethyl adjacent to an activating group) is 1. The van der Waals surface area contributed by atoms with E-state index >= 15 is 0 Å². The summed E-state index contributed by atoms with van der Waals surface area (Å²) in [4.78, 5) is 31.3. The van der Waals surface area contributed by atoms with Gasteiger partial charge in [0.25, 0.3) is 0 Å². The Balaban J connectivity index is 1.66. The van der Waals surface area contributed by atoms with Crippen molar-refractivity contribution in [1.29, 1.82) is 0 Å². The third kappa shape index (κ3) is 4.94. The number of benzene rings is 1. The lowest BCUT2D eigenvalue weighted by Gasteiger charge is -2.14. The molecule has 1 aliphatic rings. The molecule has 1 saturated heterocycles. The van der Waals surface area contributed by atoms with Gasteiger partial charge in [-0.15, -0.1) is 11.3 Å². The van der Waals surface area contributed by atoms with E-state index in [0.717, 1.165) is 22.8 Å². The van der Waals surface area contributed by atoms with Crippen LogP contribution in [0.5, 0.6) is 0 Å². The average Bonchev–Trinajstić information content (AvgIpc) is 3.27. The van der Waals surface area contributed by atoms with Gasteiger partial charge in [0, 0.05) is 10.6 Å². The molecule has 1 aromatic heterocycles. The smallest absolute Gasteiger partial charge is 0.239 e. The first-order chi connectivity index (χ1) is 12.7. The minimum atomic E-state index is -0.0787. The number of rotatable bonds is 7. The lowest BCUT2D eigenvalue weighted by atomic mass is 10.3. The number of thiophene rings is 1. The summed E-state index contributed by atoms with van der Waals surface area (Å²) in [5.41, 5.74) is 1.48. The molecular formula is C18H20N4O2S2. The quantitative estimate of drug-likeness (QED) is 0.765. The fourth-order valence-corrected chi connectivity index (χ4v) is 3.96. The van der Waals surface area contributed by atoms with Crippen molar-refractivity contribution in [3.8, 4) is 0 Å². The van der Waals surface area contributed by atoms with Crippen LogP contribution in [-0.4, -0.2) is 40.7 Å². The minimum Gasteiger partial charge on any atom is -0.325 e. The normalized spacial score (nSPS) is 15.7. The summed E-state index contributed by atoms with van der Waals surface area (Å²) in [6.45, 7) is 3.55. The first-order valence-electron chi connectivity index (χ1n) is 8.30. The Bertz CT molecular complexity index is 788. The minimum absolute atomic E-state index is 0.0782. The maximum atomic E-state index is 12.1. The van der Waals surface area contributed by atoms with Gasteiger partial charge in [-0.25, -0.2) is 4.99 Å². The zero-order chi connectivity index (χ0) is 18.4. The molecule has 1 aromatic carbocycles. The molecule has 8 heteroatoms. The second-order valence-electron chi connectivity index (χ2n) is 5.62. The van der Waals surface area contributed by atoms with Gasteiger partial charge in [-0.1, -0.05) is 24.8 Å². The SMILES string of the molecule is CCNCC(=O)Nc1ccc(N=C2SCC(=O)N2Cc2cccs2)cc1. The molecule has 2 N–H and O–H groups in total. The van der Waals surface area contributed by atoms with E-state index in [2.05, 4.69) is 15.6 Å². The number of hydrogen-bond donors (Lipinski definition) is 2.